The quantitative estimate of drug-likeness (QED) is 0.408. The molecule has 0 fully saturated rings. The van der Waals surface area contributed by atoms with Crippen molar-refractivity contribution >= 4 is 11.0 Å². The van der Waals surface area contributed by atoms with Crippen LogP contribution in [-0.2, 0) is 21.1 Å². The average molecular weight is 163 g/mol. The van der Waals surface area contributed by atoms with Gasteiger partial charge in [-0.25, -0.2) is 0 Å². The van der Waals surface area contributed by atoms with Crippen LogP contribution in [0.4, 0.5) is 0 Å². The van der Waals surface area contributed by atoms with Crippen molar-refractivity contribution in [3.05, 3.63) is 0 Å². The van der Waals surface area contributed by atoms with Crippen LogP contribution in [0.1, 0.15) is 0 Å². The Bertz CT molecular complexity index is 8.00. The molecule has 0 radical (unpaired) electrons. The van der Waals surface area contributed by atoms with Crippen LogP contribution >= 0.6 is 0 Å². The van der Waals surface area contributed by atoms with Crippen molar-refractivity contribution in [3.63, 3.8) is 0 Å². The monoisotopic (exact) mass is 165 g/mol. The minimum atomic E-state index is 0. The largest absolute Gasteiger partial charge is 0.412 e. The zero-order chi connectivity index (χ0) is 0. The smallest absolute Gasteiger partial charge is 0 e. The molecule has 0 atom stereocenters. The van der Waals surface area contributed by atoms with Crippen molar-refractivity contribution in [1.82, 2.24) is 6.15 Å². The van der Waals surface area contributed by atoms with E-state index in [9.17, 15) is 0 Å². The van der Waals surface area contributed by atoms with Crippen LogP contribution < -0.4 is 6.15 Å². The summed E-state index contributed by atoms with van der Waals surface area (Å²) < 4.78 is 0. The Balaban J connectivity index is 0. The Kier molecular flexibility index (Phi) is 1160. The molecule has 0 aromatic carbocycles. The first-order chi connectivity index (χ1) is 0. The molecule has 4 heteroatoms. The minimum absolute atomic E-state index is 0. The van der Waals surface area contributed by atoms with Crippen LogP contribution in [0.25, 0.3) is 0 Å². The number of rotatable bonds is 0. The number of hydrogen-bond donors (Lipinski definition) is 1. The summed E-state index contributed by atoms with van der Waals surface area (Å²) >= 11 is 0. The molecule has 0 saturated carbocycles. The third kappa shape index (κ3) is 13.8. The van der Waals surface area contributed by atoms with Gasteiger partial charge in [0.05, 0.1) is 0 Å². The SMILES string of the molecule is N.O.[Mo].[SiH4]. The summed E-state index contributed by atoms with van der Waals surface area (Å²) in [5.41, 5.74) is 0. The molecule has 0 aromatic rings. The van der Waals surface area contributed by atoms with E-state index in [1.807, 2.05) is 0 Å². The second kappa shape index (κ2) is 44.8. The third-order valence-corrected chi connectivity index (χ3v) is 0. The molecule has 0 spiro atoms. The van der Waals surface area contributed by atoms with Gasteiger partial charge < -0.3 is 11.6 Å². The van der Waals surface area contributed by atoms with Gasteiger partial charge in [0.25, 0.3) is 0 Å². The van der Waals surface area contributed by atoms with E-state index in [2.05, 4.69) is 0 Å². The fraction of sp³-hybridized carbons (Fsp3) is 0. The molecule has 0 saturated heterocycles. The minimum Gasteiger partial charge on any atom is -0.412 e. The fourth-order valence-corrected chi connectivity index (χ4v) is 0. The van der Waals surface area contributed by atoms with Crippen molar-refractivity contribution in [3.8, 4) is 0 Å². The van der Waals surface area contributed by atoms with E-state index >= 15 is 0 Å². The Morgan fingerprint density at radius 3 is 1.00 bits per heavy atom. The summed E-state index contributed by atoms with van der Waals surface area (Å²) in [5.74, 6) is 0. The van der Waals surface area contributed by atoms with Gasteiger partial charge in [-0.15, -0.1) is 0 Å². The Morgan fingerprint density at radius 1 is 1.00 bits per heavy atom. The van der Waals surface area contributed by atoms with Gasteiger partial charge in [-0.2, -0.15) is 0 Å². The summed E-state index contributed by atoms with van der Waals surface area (Å²) in [6.07, 6.45) is 0. The Morgan fingerprint density at radius 2 is 1.00 bits per heavy atom. The molecule has 0 aliphatic carbocycles. The molecular formula is H9MoNOSi. The predicted molar refractivity (Wildman–Crippen MR) is 20.0 cm³/mol. The second-order valence-electron chi connectivity index (χ2n) is 0. The first-order valence-corrected chi connectivity index (χ1v) is 0. The average Bonchev–Trinajstić information content (AvgIpc) is 0. The van der Waals surface area contributed by atoms with Gasteiger partial charge in [0.2, 0.25) is 0 Å². The summed E-state index contributed by atoms with van der Waals surface area (Å²) in [6.45, 7) is 0. The topological polar surface area (TPSA) is 66.5 Å². The predicted octanol–water partition coefficient (Wildman–Crippen LogP) is -2.12. The van der Waals surface area contributed by atoms with Gasteiger partial charge in [0, 0.05) is 21.1 Å². The van der Waals surface area contributed by atoms with E-state index in [1.54, 1.807) is 0 Å². The van der Waals surface area contributed by atoms with Crippen molar-refractivity contribution in [1.29, 1.82) is 0 Å². The zero-order valence-electron chi connectivity index (χ0n) is 1.62. The molecule has 30 valence electrons. The van der Waals surface area contributed by atoms with E-state index in [4.69, 9.17) is 0 Å². The molecule has 0 unspecified atom stereocenters. The number of hydrogen-bond acceptors (Lipinski definition) is 1. The van der Waals surface area contributed by atoms with Gasteiger partial charge in [-0.3, -0.25) is 0 Å². The summed E-state index contributed by atoms with van der Waals surface area (Å²) in [4.78, 5) is 0. The van der Waals surface area contributed by atoms with Crippen molar-refractivity contribution < 1.29 is 26.5 Å². The van der Waals surface area contributed by atoms with Crippen LogP contribution in [0.15, 0.2) is 0 Å². The van der Waals surface area contributed by atoms with Crippen molar-refractivity contribution in [2.24, 2.45) is 0 Å². The van der Waals surface area contributed by atoms with Crippen molar-refractivity contribution in [2.75, 3.05) is 0 Å². The van der Waals surface area contributed by atoms with Crippen LogP contribution in [-0.4, -0.2) is 16.4 Å². The van der Waals surface area contributed by atoms with E-state index in [-0.39, 0.29) is 43.7 Å². The summed E-state index contributed by atoms with van der Waals surface area (Å²) in [5, 5.41) is 0. The van der Waals surface area contributed by atoms with Gasteiger partial charge >= 0.3 is 0 Å². The van der Waals surface area contributed by atoms with E-state index < -0.39 is 0 Å². The molecule has 0 heterocycles. The fourth-order valence-electron chi connectivity index (χ4n) is 0. The van der Waals surface area contributed by atoms with E-state index in [0.717, 1.165) is 0 Å². The Hall–Kier alpha value is 0.825. The van der Waals surface area contributed by atoms with Gasteiger partial charge in [-0.05, 0) is 11.0 Å². The molecule has 0 aliphatic heterocycles. The first kappa shape index (κ1) is 104. The molecule has 0 rings (SSSR count). The standard InChI is InChI=1S/Mo.H3N.H2O.H4Si/h;1H3;1H2;1H4. The molecule has 5 N–H and O–H groups in total. The zero-order valence-corrected chi connectivity index (χ0v) is 3.62. The van der Waals surface area contributed by atoms with Crippen LogP contribution in [0.5, 0.6) is 0 Å². The maximum absolute atomic E-state index is 0. The molecule has 0 bridgehead atoms. The normalized spacial score (nSPS) is 0. The molecule has 2 nitrogen and oxygen atoms in total. The summed E-state index contributed by atoms with van der Waals surface area (Å²) in [6, 6.07) is 0. The molecule has 0 amide bonds. The van der Waals surface area contributed by atoms with Gasteiger partial charge in [0.15, 0.2) is 0 Å². The van der Waals surface area contributed by atoms with E-state index in [0.29, 0.717) is 0 Å². The van der Waals surface area contributed by atoms with Gasteiger partial charge in [0.1, 0.15) is 0 Å². The van der Waals surface area contributed by atoms with Crippen LogP contribution in [0.3, 0.4) is 0 Å². The molecule has 4 heavy (non-hydrogen) atoms. The Labute approximate surface area is 44.1 Å². The first-order valence-electron chi connectivity index (χ1n) is 0. The van der Waals surface area contributed by atoms with Crippen LogP contribution in [0, 0.1) is 0 Å². The molecule has 0 aromatic heterocycles. The molecule has 0 aliphatic rings. The maximum atomic E-state index is 0. The maximum Gasteiger partial charge on any atom is 0 e. The van der Waals surface area contributed by atoms with Crippen LogP contribution in [0.2, 0.25) is 0 Å². The second-order valence-corrected chi connectivity index (χ2v) is 0. The summed E-state index contributed by atoms with van der Waals surface area (Å²) in [7, 11) is 0. The van der Waals surface area contributed by atoms with Crippen molar-refractivity contribution in [2.45, 2.75) is 0 Å². The van der Waals surface area contributed by atoms with Gasteiger partial charge in [-0.1, -0.05) is 0 Å². The molecular weight excluding hydrogens is 154 g/mol. The third-order valence-electron chi connectivity index (χ3n) is 0. The van der Waals surface area contributed by atoms with E-state index in [1.165, 1.54) is 0 Å².